The normalized spacial score (nSPS) is 18.6. The van der Waals surface area contributed by atoms with Gasteiger partial charge in [0.2, 0.25) is 5.91 Å². The van der Waals surface area contributed by atoms with Crippen molar-refractivity contribution in [3.05, 3.63) is 41.5 Å². The average molecular weight is 435 g/mol. The Hall–Kier alpha value is -2.01. The number of halogens is 1. The van der Waals surface area contributed by atoms with E-state index < -0.39 is 11.7 Å². The summed E-state index contributed by atoms with van der Waals surface area (Å²) in [7, 11) is 0. The smallest absolute Gasteiger partial charge is 0.412 e. The third-order valence-electron chi connectivity index (χ3n) is 5.57. The zero-order valence-electron chi connectivity index (χ0n) is 18.6. The molecule has 166 valence electrons. The van der Waals surface area contributed by atoms with Crippen molar-refractivity contribution >= 4 is 29.3 Å². The van der Waals surface area contributed by atoms with Crippen molar-refractivity contribution in [2.75, 3.05) is 17.7 Å². The Balaban J connectivity index is 1.94. The molecule has 1 aliphatic carbocycles. The fraction of sp³-hybridized carbons (Fsp3) is 0.583. The van der Waals surface area contributed by atoms with Gasteiger partial charge in [-0.3, -0.25) is 10.1 Å². The van der Waals surface area contributed by atoms with Gasteiger partial charge in [0.1, 0.15) is 11.5 Å². The Labute approximate surface area is 185 Å². The van der Waals surface area contributed by atoms with Gasteiger partial charge >= 0.3 is 6.09 Å². The van der Waals surface area contributed by atoms with Crippen LogP contribution in [0.15, 0.2) is 35.9 Å². The number of rotatable bonds is 9. The predicted octanol–water partition coefficient (Wildman–Crippen LogP) is 5.83. The van der Waals surface area contributed by atoms with Gasteiger partial charge in [0, 0.05) is 12.2 Å². The highest BCUT2D eigenvalue weighted by atomic mass is 35.5. The molecule has 2 rings (SSSR count). The van der Waals surface area contributed by atoms with E-state index in [0.29, 0.717) is 6.54 Å². The summed E-state index contributed by atoms with van der Waals surface area (Å²) in [6.07, 6.45) is 7.98. The minimum absolute atomic E-state index is 0.0152. The van der Waals surface area contributed by atoms with Gasteiger partial charge in [-0.2, -0.15) is 0 Å². The molecule has 2 N–H and O–H groups in total. The van der Waals surface area contributed by atoms with Crippen molar-refractivity contribution in [1.82, 2.24) is 5.32 Å². The van der Waals surface area contributed by atoms with E-state index in [1.807, 2.05) is 39.0 Å². The molecule has 1 aromatic carbocycles. The minimum Gasteiger partial charge on any atom is -0.444 e. The number of carbonyl (C=O) groups excluding carboxylic acids is 2. The highest BCUT2D eigenvalue weighted by Crippen LogP contribution is 2.45. The lowest BCUT2D eigenvalue weighted by Crippen LogP contribution is -2.27. The number of hydrogen-bond donors (Lipinski definition) is 2. The van der Waals surface area contributed by atoms with Crippen LogP contribution in [0, 0.1) is 5.41 Å². The van der Waals surface area contributed by atoms with Crippen LogP contribution >= 0.6 is 11.6 Å². The van der Waals surface area contributed by atoms with Crippen LogP contribution in [0.1, 0.15) is 65.4 Å². The van der Waals surface area contributed by atoms with Crippen molar-refractivity contribution in [2.24, 2.45) is 5.41 Å². The second kappa shape index (κ2) is 10.9. The van der Waals surface area contributed by atoms with E-state index in [-0.39, 0.29) is 17.2 Å². The highest BCUT2D eigenvalue weighted by molar-refractivity contribution is 6.27. The molecule has 1 unspecified atom stereocenters. The SMILES string of the molecule is CCC1(CCCNC(=O)CCl)CC=C(Cc2ccccc2NC(=O)OC(C)(C)C)C1. The molecule has 0 fully saturated rings. The van der Waals surface area contributed by atoms with Crippen molar-refractivity contribution < 1.29 is 14.3 Å². The average Bonchev–Trinajstić information content (AvgIpc) is 3.08. The molecule has 0 spiro atoms. The number of nitrogens with one attached hydrogen (secondary N) is 2. The van der Waals surface area contributed by atoms with Gasteiger partial charge in [0.15, 0.2) is 0 Å². The van der Waals surface area contributed by atoms with Gasteiger partial charge in [-0.15, -0.1) is 11.6 Å². The third-order valence-corrected chi connectivity index (χ3v) is 5.82. The van der Waals surface area contributed by atoms with Crippen LogP contribution in [0.25, 0.3) is 0 Å². The Bertz CT molecular complexity index is 770. The zero-order valence-corrected chi connectivity index (χ0v) is 19.4. The summed E-state index contributed by atoms with van der Waals surface area (Å²) in [5.41, 5.74) is 3.02. The van der Waals surface area contributed by atoms with Crippen LogP contribution in [0.2, 0.25) is 0 Å². The maximum Gasteiger partial charge on any atom is 0.412 e. The summed E-state index contributed by atoms with van der Waals surface area (Å²) in [6.45, 7) is 8.48. The Morgan fingerprint density at radius 1 is 1.23 bits per heavy atom. The highest BCUT2D eigenvalue weighted by Gasteiger charge is 2.32. The predicted molar refractivity (Wildman–Crippen MR) is 123 cm³/mol. The van der Waals surface area contributed by atoms with Crippen LogP contribution in [-0.4, -0.2) is 30.0 Å². The second-order valence-corrected chi connectivity index (χ2v) is 9.41. The first-order valence-corrected chi connectivity index (χ1v) is 11.3. The molecule has 0 saturated carbocycles. The van der Waals surface area contributed by atoms with Crippen LogP contribution in [-0.2, 0) is 16.0 Å². The summed E-state index contributed by atoms with van der Waals surface area (Å²) in [5.74, 6) is -0.0944. The first kappa shape index (κ1) is 24.3. The monoisotopic (exact) mass is 434 g/mol. The molecule has 2 amide bonds. The summed E-state index contributed by atoms with van der Waals surface area (Å²) >= 11 is 5.53. The largest absolute Gasteiger partial charge is 0.444 e. The number of carbonyl (C=O) groups is 2. The molecular weight excluding hydrogens is 400 g/mol. The van der Waals surface area contributed by atoms with E-state index in [1.54, 1.807) is 0 Å². The molecular formula is C24H35ClN2O3. The number of anilines is 1. The Morgan fingerprint density at radius 3 is 2.63 bits per heavy atom. The molecule has 6 heteroatoms. The number of hydrogen-bond acceptors (Lipinski definition) is 3. The lowest BCUT2D eigenvalue weighted by molar-refractivity contribution is -0.118. The Morgan fingerprint density at radius 2 is 1.97 bits per heavy atom. The van der Waals surface area contributed by atoms with E-state index in [1.165, 1.54) is 5.57 Å². The summed E-state index contributed by atoms with van der Waals surface area (Å²) in [5, 5.41) is 5.74. The Kier molecular flexibility index (Phi) is 8.78. The van der Waals surface area contributed by atoms with E-state index >= 15 is 0 Å². The van der Waals surface area contributed by atoms with Crippen molar-refractivity contribution in [2.45, 2.75) is 71.8 Å². The van der Waals surface area contributed by atoms with Gasteiger partial charge < -0.3 is 10.1 Å². The lowest BCUT2D eigenvalue weighted by Gasteiger charge is -2.28. The molecule has 0 aromatic heterocycles. The van der Waals surface area contributed by atoms with E-state index in [2.05, 4.69) is 29.7 Å². The van der Waals surface area contributed by atoms with Gasteiger partial charge in [-0.1, -0.05) is 36.8 Å². The second-order valence-electron chi connectivity index (χ2n) is 9.14. The summed E-state index contributed by atoms with van der Waals surface area (Å²) in [6, 6.07) is 7.89. The van der Waals surface area contributed by atoms with Crippen LogP contribution < -0.4 is 10.6 Å². The number of ether oxygens (including phenoxy) is 1. The molecule has 30 heavy (non-hydrogen) atoms. The number of amides is 2. The van der Waals surface area contributed by atoms with Gasteiger partial charge in [0.05, 0.1) is 0 Å². The quantitative estimate of drug-likeness (QED) is 0.292. The van der Waals surface area contributed by atoms with Crippen LogP contribution in [0.4, 0.5) is 10.5 Å². The fourth-order valence-electron chi connectivity index (χ4n) is 3.95. The third kappa shape index (κ3) is 7.67. The molecule has 0 saturated heterocycles. The van der Waals surface area contributed by atoms with Crippen molar-refractivity contribution in [3.63, 3.8) is 0 Å². The maximum atomic E-state index is 12.2. The molecule has 1 aromatic rings. The number of para-hydroxylation sites is 1. The molecule has 0 bridgehead atoms. The van der Waals surface area contributed by atoms with Crippen LogP contribution in [0.5, 0.6) is 0 Å². The fourth-order valence-corrected chi connectivity index (χ4v) is 4.05. The molecule has 0 radical (unpaired) electrons. The number of allylic oxidation sites excluding steroid dienone is 2. The van der Waals surface area contributed by atoms with Gasteiger partial charge in [0.25, 0.3) is 0 Å². The molecule has 1 atom stereocenters. The zero-order chi connectivity index (χ0) is 22.2. The van der Waals surface area contributed by atoms with E-state index in [4.69, 9.17) is 16.3 Å². The summed E-state index contributed by atoms with van der Waals surface area (Å²) in [4.78, 5) is 23.5. The minimum atomic E-state index is -0.531. The first-order chi connectivity index (χ1) is 14.2. The molecule has 0 heterocycles. The van der Waals surface area contributed by atoms with E-state index in [0.717, 1.165) is 49.8 Å². The first-order valence-electron chi connectivity index (χ1n) is 10.7. The standard InChI is InChI=1S/C24H35ClN2O3/c1-5-24(12-8-14-26-21(28)17-25)13-11-18(16-24)15-19-9-6-7-10-20(19)27-22(29)30-23(2,3)4/h6-7,9-11H,5,8,12-17H2,1-4H3,(H,26,28)(H,27,29). The lowest BCUT2D eigenvalue weighted by atomic mass is 9.77. The van der Waals surface area contributed by atoms with Gasteiger partial charge in [-0.25, -0.2) is 4.79 Å². The number of benzene rings is 1. The maximum absolute atomic E-state index is 12.2. The van der Waals surface area contributed by atoms with Crippen molar-refractivity contribution in [3.8, 4) is 0 Å². The molecule has 1 aliphatic rings. The summed E-state index contributed by atoms with van der Waals surface area (Å²) < 4.78 is 5.39. The van der Waals surface area contributed by atoms with Gasteiger partial charge in [-0.05, 0) is 76.3 Å². The van der Waals surface area contributed by atoms with Crippen molar-refractivity contribution in [1.29, 1.82) is 0 Å². The number of alkyl halides is 1. The molecule has 5 nitrogen and oxygen atoms in total. The topological polar surface area (TPSA) is 67.4 Å². The van der Waals surface area contributed by atoms with Crippen LogP contribution in [0.3, 0.4) is 0 Å². The molecule has 0 aliphatic heterocycles. The van der Waals surface area contributed by atoms with E-state index in [9.17, 15) is 9.59 Å².